The van der Waals surface area contributed by atoms with Crippen molar-refractivity contribution in [2.75, 3.05) is 13.2 Å². The molecular weight excluding hydrogens is 294 g/mol. The fourth-order valence-corrected chi connectivity index (χ4v) is 2.69. The largest absolute Gasteiger partial charge is 0.457 e. The van der Waals surface area contributed by atoms with E-state index in [0.29, 0.717) is 17.7 Å². The first kappa shape index (κ1) is 17.6. The van der Waals surface area contributed by atoms with Gasteiger partial charge in [-0.3, -0.25) is 0 Å². The van der Waals surface area contributed by atoms with Gasteiger partial charge < -0.3 is 9.47 Å². The molecule has 0 heterocycles. The molecule has 2 N–H and O–H groups in total. The third-order valence-corrected chi connectivity index (χ3v) is 4.06. The standard InChI is InChI=1S/C14H21NO5S/c1-5-19-8-10(3)20-14(16)12-6-9(2)11(4)13(7-12)21(15,17)18/h6-7,10H,5,8H2,1-4H3,(H2,15,17,18). The fraction of sp³-hybridized carbons (Fsp3) is 0.500. The Morgan fingerprint density at radius 3 is 2.48 bits per heavy atom. The first-order chi connectivity index (χ1) is 9.66. The van der Waals surface area contributed by atoms with Crippen LogP contribution in [0.2, 0.25) is 0 Å². The SMILES string of the molecule is CCOCC(C)OC(=O)c1cc(C)c(C)c(S(N)(=O)=O)c1. The van der Waals surface area contributed by atoms with Crippen LogP contribution in [0.1, 0.15) is 35.3 Å². The maximum absolute atomic E-state index is 12.0. The highest BCUT2D eigenvalue weighted by Gasteiger charge is 2.19. The Balaban J connectivity index is 3.04. The summed E-state index contributed by atoms with van der Waals surface area (Å²) in [4.78, 5) is 12.0. The van der Waals surface area contributed by atoms with Crippen molar-refractivity contribution in [3.05, 3.63) is 28.8 Å². The predicted molar refractivity (Wildman–Crippen MR) is 78.7 cm³/mol. The molecule has 1 unspecified atom stereocenters. The lowest BCUT2D eigenvalue weighted by Crippen LogP contribution is -2.21. The van der Waals surface area contributed by atoms with E-state index in [2.05, 4.69) is 0 Å². The minimum Gasteiger partial charge on any atom is -0.457 e. The molecule has 0 aromatic heterocycles. The second-order valence-electron chi connectivity index (χ2n) is 4.84. The highest BCUT2D eigenvalue weighted by atomic mass is 32.2. The topological polar surface area (TPSA) is 95.7 Å². The molecule has 0 aliphatic carbocycles. The van der Waals surface area contributed by atoms with Crippen LogP contribution >= 0.6 is 0 Å². The van der Waals surface area contributed by atoms with Crippen LogP contribution in [0, 0.1) is 13.8 Å². The summed E-state index contributed by atoms with van der Waals surface area (Å²) in [5.74, 6) is -0.602. The van der Waals surface area contributed by atoms with Crippen molar-refractivity contribution in [3.8, 4) is 0 Å². The highest BCUT2D eigenvalue weighted by molar-refractivity contribution is 7.89. The molecule has 0 amide bonds. The van der Waals surface area contributed by atoms with Crippen LogP contribution in [0.3, 0.4) is 0 Å². The maximum atomic E-state index is 12.0. The van der Waals surface area contributed by atoms with Crippen molar-refractivity contribution in [1.82, 2.24) is 0 Å². The number of esters is 1. The molecule has 0 aliphatic heterocycles. The van der Waals surface area contributed by atoms with Gasteiger partial charge in [-0.1, -0.05) is 0 Å². The number of hydrogen-bond acceptors (Lipinski definition) is 5. The fourth-order valence-electron chi connectivity index (χ4n) is 1.81. The van der Waals surface area contributed by atoms with E-state index in [-0.39, 0.29) is 17.1 Å². The van der Waals surface area contributed by atoms with Crippen molar-refractivity contribution in [2.24, 2.45) is 5.14 Å². The summed E-state index contributed by atoms with van der Waals surface area (Å²) in [5, 5.41) is 5.16. The second-order valence-corrected chi connectivity index (χ2v) is 6.37. The van der Waals surface area contributed by atoms with Gasteiger partial charge in [0.2, 0.25) is 10.0 Å². The number of nitrogens with two attached hydrogens (primary N) is 1. The number of carbonyl (C=O) groups is 1. The van der Waals surface area contributed by atoms with E-state index in [9.17, 15) is 13.2 Å². The molecule has 1 aromatic rings. The number of sulfonamides is 1. The zero-order valence-corrected chi connectivity index (χ0v) is 13.5. The van der Waals surface area contributed by atoms with Crippen molar-refractivity contribution < 1.29 is 22.7 Å². The Hall–Kier alpha value is -1.44. The summed E-state index contributed by atoms with van der Waals surface area (Å²) in [6.45, 7) is 7.72. The lowest BCUT2D eigenvalue weighted by Gasteiger charge is -2.14. The lowest BCUT2D eigenvalue weighted by molar-refractivity contribution is 0.00436. The molecule has 0 radical (unpaired) electrons. The van der Waals surface area contributed by atoms with Gasteiger partial charge in [0.25, 0.3) is 0 Å². The summed E-state index contributed by atoms with van der Waals surface area (Å²) in [6.07, 6.45) is -0.419. The molecular formula is C14H21NO5S. The summed E-state index contributed by atoms with van der Waals surface area (Å²) in [5.41, 5.74) is 1.34. The Bertz CT molecular complexity index is 624. The number of primary sulfonamides is 1. The molecule has 0 spiro atoms. The number of carbonyl (C=O) groups excluding carboxylic acids is 1. The Labute approximate surface area is 125 Å². The number of hydrogen-bond donors (Lipinski definition) is 1. The van der Waals surface area contributed by atoms with Crippen LogP contribution in [0.4, 0.5) is 0 Å². The molecule has 118 valence electrons. The van der Waals surface area contributed by atoms with Gasteiger partial charge in [0.1, 0.15) is 6.10 Å². The van der Waals surface area contributed by atoms with Crippen LogP contribution in [-0.2, 0) is 19.5 Å². The summed E-state index contributed by atoms with van der Waals surface area (Å²) in [7, 11) is -3.89. The zero-order chi connectivity index (χ0) is 16.2. The maximum Gasteiger partial charge on any atom is 0.338 e. The molecule has 1 atom stereocenters. The molecule has 0 saturated heterocycles. The van der Waals surface area contributed by atoms with E-state index in [0.717, 1.165) is 0 Å². The van der Waals surface area contributed by atoms with Gasteiger partial charge in [-0.05, 0) is 51.0 Å². The van der Waals surface area contributed by atoms with E-state index in [4.69, 9.17) is 14.6 Å². The number of rotatable bonds is 6. The molecule has 0 bridgehead atoms. The minimum absolute atomic E-state index is 0.0630. The third kappa shape index (κ3) is 4.80. The summed E-state index contributed by atoms with van der Waals surface area (Å²) < 4.78 is 33.5. The monoisotopic (exact) mass is 315 g/mol. The third-order valence-electron chi connectivity index (χ3n) is 3.03. The van der Waals surface area contributed by atoms with Gasteiger partial charge in [-0.2, -0.15) is 0 Å². The van der Waals surface area contributed by atoms with Crippen LogP contribution in [0.15, 0.2) is 17.0 Å². The number of ether oxygens (including phenoxy) is 2. The van der Waals surface area contributed by atoms with E-state index in [1.807, 2.05) is 6.92 Å². The van der Waals surface area contributed by atoms with Crippen LogP contribution < -0.4 is 5.14 Å². The van der Waals surface area contributed by atoms with Gasteiger partial charge in [0, 0.05) is 6.61 Å². The van der Waals surface area contributed by atoms with E-state index in [1.165, 1.54) is 6.07 Å². The van der Waals surface area contributed by atoms with Crippen molar-refractivity contribution in [3.63, 3.8) is 0 Å². The van der Waals surface area contributed by atoms with Crippen molar-refractivity contribution in [2.45, 2.75) is 38.7 Å². The second kappa shape index (κ2) is 7.02. The van der Waals surface area contributed by atoms with Crippen LogP contribution in [0.25, 0.3) is 0 Å². The smallest absolute Gasteiger partial charge is 0.338 e. The summed E-state index contributed by atoms with van der Waals surface area (Å²) in [6, 6.07) is 2.83. The molecule has 21 heavy (non-hydrogen) atoms. The predicted octanol–water partition coefficient (Wildman–Crippen LogP) is 1.53. The average Bonchev–Trinajstić information content (AvgIpc) is 2.37. The molecule has 0 saturated carbocycles. The molecule has 1 rings (SSSR count). The van der Waals surface area contributed by atoms with Gasteiger partial charge >= 0.3 is 5.97 Å². The Morgan fingerprint density at radius 2 is 1.95 bits per heavy atom. The first-order valence-corrected chi connectivity index (χ1v) is 8.14. The number of aryl methyl sites for hydroxylation is 1. The molecule has 6 nitrogen and oxygen atoms in total. The van der Waals surface area contributed by atoms with Gasteiger partial charge in [0.05, 0.1) is 17.1 Å². The van der Waals surface area contributed by atoms with E-state index >= 15 is 0 Å². The molecule has 1 aromatic carbocycles. The average molecular weight is 315 g/mol. The van der Waals surface area contributed by atoms with Crippen molar-refractivity contribution in [1.29, 1.82) is 0 Å². The normalized spacial score (nSPS) is 13.0. The Morgan fingerprint density at radius 1 is 1.33 bits per heavy atom. The van der Waals surface area contributed by atoms with E-state index in [1.54, 1.807) is 26.8 Å². The minimum atomic E-state index is -3.89. The van der Waals surface area contributed by atoms with Crippen LogP contribution in [0.5, 0.6) is 0 Å². The quantitative estimate of drug-likeness (QED) is 0.803. The van der Waals surface area contributed by atoms with Gasteiger partial charge in [-0.15, -0.1) is 0 Å². The molecule has 0 fully saturated rings. The first-order valence-electron chi connectivity index (χ1n) is 6.59. The Kier molecular flexibility index (Phi) is 5.88. The van der Waals surface area contributed by atoms with Crippen LogP contribution in [-0.4, -0.2) is 33.7 Å². The zero-order valence-electron chi connectivity index (χ0n) is 12.7. The number of benzene rings is 1. The molecule has 0 aliphatic rings. The van der Waals surface area contributed by atoms with Gasteiger partial charge in [-0.25, -0.2) is 18.4 Å². The van der Waals surface area contributed by atoms with E-state index < -0.39 is 22.1 Å². The summed E-state index contributed by atoms with van der Waals surface area (Å²) >= 11 is 0. The highest BCUT2D eigenvalue weighted by Crippen LogP contribution is 2.21. The van der Waals surface area contributed by atoms with Crippen molar-refractivity contribution >= 4 is 16.0 Å². The molecule has 7 heteroatoms. The van der Waals surface area contributed by atoms with Gasteiger partial charge in [0.15, 0.2) is 0 Å². The lowest BCUT2D eigenvalue weighted by atomic mass is 10.1.